The van der Waals surface area contributed by atoms with Crippen LogP contribution in [0.1, 0.15) is 32.6 Å². The van der Waals surface area contributed by atoms with Crippen molar-refractivity contribution in [1.29, 1.82) is 0 Å². The molecule has 1 heterocycles. The van der Waals surface area contributed by atoms with Crippen LogP contribution in [-0.4, -0.2) is 43.0 Å². The number of nitrogens with one attached hydrogen (secondary N) is 1. The summed E-state index contributed by atoms with van der Waals surface area (Å²) in [5.41, 5.74) is 6.77. The maximum atomic E-state index is 11.0. The molecule has 0 aliphatic carbocycles. The highest BCUT2D eigenvalue weighted by Gasteiger charge is 2.10. The number of nitrogens with two attached hydrogens (primary N) is 1. The average Bonchev–Trinajstić information content (AvgIpc) is 2.80. The maximum Gasteiger partial charge on any atom is 0.221 e. The van der Waals surface area contributed by atoms with E-state index in [1.165, 1.54) is 32.6 Å². The summed E-state index contributed by atoms with van der Waals surface area (Å²) in [5.74, 6) is 1.22. The Morgan fingerprint density at radius 3 is 2.67 bits per heavy atom. The van der Waals surface area contributed by atoms with E-state index < -0.39 is 0 Å². The third kappa shape index (κ3) is 7.37. The van der Waals surface area contributed by atoms with E-state index in [1.807, 2.05) is 18.2 Å². The van der Waals surface area contributed by atoms with Crippen molar-refractivity contribution in [2.24, 2.45) is 10.7 Å². The van der Waals surface area contributed by atoms with Gasteiger partial charge in [0, 0.05) is 31.8 Å². The van der Waals surface area contributed by atoms with Crippen LogP contribution < -0.4 is 15.8 Å². The molecule has 1 aromatic rings. The van der Waals surface area contributed by atoms with E-state index in [0.717, 1.165) is 18.8 Å². The first-order valence-electron chi connectivity index (χ1n) is 8.20. The minimum atomic E-state index is -0.100. The summed E-state index contributed by atoms with van der Waals surface area (Å²) in [7, 11) is 0. The fraction of sp³-hybridized carbons (Fsp3) is 0.529. The van der Waals surface area contributed by atoms with E-state index in [4.69, 9.17) is 10.5 Å². The van der Waals surface area contributed by atoms with Crippen LogP contribution in [-0.2, 0) is 4.79 Å². The van der Waals surface area contributed by atoms with Gasteiger partial charge >= 0.3 is 0 Å². The molecule has 0 spiro atoms. The molecule has 134 valence electrons. The van der Waals surface area contributed by atoms with Gasteiger partial charge in [-0.25, -0.2) is 4.99 Å². The van der Waals surface area contributed by atoms with Crippen LogP contribution in [0.15, 0.2) is 29.3 Å². The van der Waals surface area contributed by atoms with Crippen LogP contribution >= 0.6 is 24.0 Å². The minimum Gasteiger partial charge on any atom is -0.492 e. The maximum absolute atomic E-state index is 11.0. The molecular formula is C17H27IN4O2. The van der Waals surface area contributed by atoms with Gasteiger partial charge in [0.05, 0.1) is 6.54 Å². The number of ether oxygens (including phenoxy) is 1. The van der Waals surface area contributed by atoms with Crippen molar-refractivity contribution in [2.45, 2.75) is 32.6 Å². The molecule has 1 amide bonds. The van der Waals surface area contributed by atoms with Crippen molar-refractivity contribution in [2.75, 3.05) is 31.6 Å². The van der Waals surface area contributed by atoms with Crippen molar-refractivity contribution in [3.05, 3.63) is 24.3 Å². The highest BCUT2D eigenvalue weighted by Crippen LogP contribution is 2.17. The van der Waals surface area contributed by atoms with Gasteiger partial charge in [0.1, 0.15) is 12.4 Å². The summed E-state index contributed by atoms with van der Waals surface area (Å²) in [5, 5.41) is 2.73. The largest absolute Gasteiger partial charge is 0.492 e. The van der Waals surface area contributed by atoms with Crippen LogP contribution in [0.4, 0.5) is 5.69 Å². The quantitative estimate of drug-likeness (QED) is 0.316. The zero-order valence-corrected chi connectivity index (χ0v) is 16.5. The second-order valence-corrected chi connectivity index (χ2v) is 5.70. The number of hydrogen-bond donors (Lipinski definition) is 2. The predicted molar refractivity (Wildman–Crippen MR) is 108 cm³/mol. The van der Waals surface area contributed by atoms with Gasteiger partial charge in [-0.3, -0.25) is 4.79 Å². The monoisotopic (exact) mass is 446 g/mol. The lowest BCUT2D eigenvalue weighted by molar-refractivity contribution is -0.114. The topological polar surface area (TPSA) is 79.9 Å². The highest BCUT2D eigenvalue weighted by atomic mass is 127. The summed E-state index contributed by atoms with van der Waals surface area (Å²) < 4.78 is 5.66. The molecule has 24 heavy (non-hydrogen) atoms. The number of carbonyl (C=O) groups is 1. The van der Waals surface area contributed by atoms with Crippen molar-refractivity contribution in [3.63, 3.8) is 0 Å². The summed E-state index contributed by atoms with van der Waals surface area (Å²) in [4.78, 5) is 17.6. The van der Waals surface area contributed by atoms with E-state index >= 15 is 0 Å². The third-order valence-corrected chi connectivity index (χ3v) is 3.72. The van der Waals surface area contributed by atoms with Crippen LogP contribution in [0.25, 0.3) is 0 Å². The lowest BCUT2D eigenvalue weighted by Crippen LogP contribution is -2.38. The number of aliphatic imine (C=N–C) groups is 1. The van der Waals surface area contributed by atoms with E-state index in [-0.39, 0.29) is 29.9 Å². The number of hydrogen-bond acceptors (Lipinski definition) is 3. The summed E-state index contributed by atoms with van der Waals surface area (Å²) >= 11 is 0. The van der Waals surface area contributed by atoms with E-state index in [9.17, 15) is 4.79 Å². The Balaban J connectivity index is 0.00000288. The van der Waals surface area contributed by atoms with E-state index in [2.05, 4.69) is 15.2 Å². The molecule has 3 N–H and O–H groups in total. The molecule has 2 rings (SSSR count). The molecule has 0 radical (unpaired) electrons. The van der Waals surface area contributed by atoms with Gasteiger partial charge in [-0.2, -0.15) is 0 Å². The molecule has 0 atom stereocenters. The first-order chi connectivity index (χ1) is 11.1. The summed E-state index contributed by atoms with van der Waals surface area (Å²) in [6.45, 7) is 4.45. The lowest BCUT2D eigenvalue weighted by atomic mass is 10.2. The number of amides is 1. The predicted octanol–water partition coefficient (Wildman–Crippen LogP) is 2.83. The Bertz CT molecular complexity index is 543. The molecule has 1 aliphatic rings. The summed E-state index contributed by atoms with van der Waals surface area (Å²) in [6, 6.07) is 7.32. The van der Waals surface area contributed by atoms with Gasteiger partial charge < -0.3 is 20.7 Å². The SMILES string of the molecule is CC(=O)Nc1cccc(OCCN=C(N)N2CCCCCC2)c1.I. The van der Waals surface area contributed by atoms with Gasteiger partial charge in [0.25, 0.3) is 0 Å². The van der Waals surface area contributed by atoms with Crippen molar-refractivity contribution >= 4 is 41.5 Å². The van der Waals surface area contributed by atoms with Gasteiger partial charge in [-0.15, -0.1) is 24.0 Å². The fourth-order valence-corrected chi connectivity index (χ4v) is 2.59. The highest BCUT2D eigenvalue weighted by molar-refractivity contribution is 14.0. The Morgan fingerprint density at radius 1 is 1.29 bits per heavy atom. The fourth-order valence-electron chi connectivity index (χ4n) is 2.59. The number of likely N-dealkylation sites (tertiary alicyclic amines) is 1. The number of rotatable bonds is 5. The van der Waals surface area contributed by atoms with Crippen LogP contribution in [0, 0.1) is 0 Å². The molecule has 6 nitrogen and oxygen atoms in total. The van der Waals surface area contributed by atoms with Gasteiger partial charge in [-0.05, 0) is 25.0 Å². The zero-order valence-electron chi connectivity index (χ0n) is 14.2. The lowest BCUT2D eigenvalue weighted by Gasteiger charge is -2.21. The molecule has 0 unspecified atom stereocenters. The minimum absolute atomic E-state index is 0. The molecule has 1 aromatic carbocycles. The first-order valence-corrected chi connectivity index (χ1v) is 8.20. The first kappa shape index (κ1) is 20.5. The average molecular weight is 446 g/mol. The number of guanidine groups is 1. The molecule has 1 fully saturated rings. The van der Waals surface area contributed by atoms with E-state index in [0.29, 0.717) is 24.9 Å². The number of nitrogens with zero attached hydrogens (tertiary/aromatic N) is 2. The van der Waals surface area contributed by atoms with Gasteiger partial charge in [0.15, 0.2) is 5.96 Å². The number of benzene rings is 1. The molecule has 1 aliphatic heterocycles. The Labute approximate surface area is 160 Å². The van der Waals surface area contributed by atoms with E-state index in [1.54, 1.807) is 6.07 Å². The summed E-state index contributed by atoms with van der Waals surface area (Å²) in [6.07, 6.45) is 4.92. The molecule has 0 saturated carbocycles. The number of halogens is 1. The molecule has 1 saturated heterocycles. The zero-order chi connectivity index (χ0) is 16.5. The van der Waals surface area contributed by atoms with Gasteiger partial charge in [0.2, 0.25) is 5.91 Å². The Kier molecular flexibility index (Phi) is 9.51. The Hall–Kier alpha value is -1.51. The normalized spacial score (nSPS) is 15.2. The Morgan fingerprint density at radius 2 is 2.00 bits per heavy atom. The van der Waals surface area contributed by atoms with Gasteiger partial charge in [-0.1, -0.05) is 18.9 Å². The van der Waals surface area contributed by atoms with Crippen LogP contribution in [0.5, 0.6) is 5.75 Å². The van der Waals surface area contributed by atoms with Crippen molar-refractivity contribution < 1.29 is 9.53 Å². The van der Waals surface area contributed by atoms with Crippen LogP contribution in [0.2, 0.25) is 0 Å². The van der Waals surface area contributed by atoms with Crippen molar-refractivity contribution in [3.8, 4) is 5.75 Å². The number of anilines is 1. The molecule has 0 bridgehead atoms. The smallest absolute Gasteiger partial charge is 0.221 e. The van der Waals surface area contributed by atoms with Crippen LogP contribution in [0.3, 0.4) is 0 Å². The second-order valence-electron chi connectivity index (χ2n) is 5.70. The molecule has 0 aromatic heterocycles. The van der Waals surface area contributed by atoms with Crippen molar-refractivity contribution in [1.82, 2.24) is 4.90 Å². The third-order valence-electron chi connectivity index (χ3n) is 3.72. The molecule has 7 heteroatoms. The molecular weight excluding hydrogens is 419 g/mol. The number of carbonyl (C=O) groups excluding carboxylic acids is 1. The standard InChI is InChI=1S/C17H26N4O2.HI/c1-14(22)20-15-7-6-8-16(13-15)23-12-9-19-17(18)21-10-4-2-3-5-11-21;/h6-8,13H,2-5,9-12H2,1H3,(H2,18,19)(H,20,22);1H. The second kappa shape index (κ2) is 11.1.